The van der Waals surface area contributed by atoms with E-state index in [0.29, 0.717) is 44.0 Å². The lowest BCUT2D eigenvalue weighted by Gasteiger charge is -2.32. The first-order valence-corrected chi connectivity index (χ1v) is 10.4. The smallest absolute Gasteiger partial charge is 0.224 e. The van der Waals surface area contributed by atoms with Gasteiger partial charge in [0.25, 0.3) is 0 Å². The van der Waals surface area contributed by atoms with E-state index in [-0.39, 0.29) is 30.1 Å². The molecule has 1 atom stereocenters. The Morgan fingerprint density at radius 2 is 1.87 bits per heavy atom. The molecule has 0 aliphatic carbocycles. The Hall–Kier alpha value is -3.29. The predicted octanol–water partition coefficient (Wildman–Crippen LogP) is 2.41. The molecule has 1 fully saturated rings. The second-order valence-electron chi connectivity index (χ2n) is 7.68. The van der Waals surface area contributed by atoms with Crippen LogP contribution in [0, 0.1) is 5.92 Å². The molecule has 8 nitrogen and oxygen atoms in total. The van der Waals surface area contributed by atoms with Gasteiger partial charge in [-0.05, 0) is 42.7 Å². The largest absolute Gasteiger partial charge is 0.497 e. The van der Waals surface area contributed by atoms with Gasteiger partial charge >= 0.3 is 0 Å². The maximum atomic E-state index is 12.9. The molecule has 8 heteroatoms. The number of nitrogens with zero attached hydrogens (tertiary/aromatic N) is 1. The van der Waals surface area contributed by atoms with Crippen molar-refractivity contribution in [2.75, 3.05) is 20.2 Å². The summed E-state index contributed by atoms with van der Waals surface area (Å²) in [5.74, 6) is 1.06. The fourth-order valence-electron chi connectivity index (χ4n) is 3.76. The number of nitrogens with one attached hydrogen (secondary N) is 2. The van der Waals surface area contributed by atoms with E-state index < -0.39 is 6.04 Å². The van der Waals surface area contributed by atoms with Crippen molar-refractivity contribution >= 4 is 17.7 Å². The lowest BCUT2D eigenvalue weighted by atomic mass is 9.95. The Bertz CT molecular complexity index is 871. The van der Waals surface area contributed by atoms with Crippen LogP contribution >= 0.6 is 0 Å². The van der Waals surface area contributed by atoms with E-state index in [0.717, 1.165) is 5.56 Å². The standard InChI is InChI=1S/C23H29N3O5/c1-16(27)25-21(17-5-7-19(30-2)8-6-17)14-22(28)26-11-9-18(10-12-26)23(29)24-15-20-4-3-13-31-20/h3-8,13,18,21H,9-12,14-15H2,1-2H3,(H,24,29)(H,25,27). The summed E-state index contributed by atoms with van der Waals surface area (Å²) in [5, 5.41) is 5.75. The number of ether oxygens (including phenoxy) is 1. The van der Waals surface area contributed by atoms with Crippen LogP contribution in [-0.4, -0.2) is 42.8 Å². The highest BCUT2D eigenvalue weighted by atomic mass is 16.5. The number of benzene rings is 1. The number of furan rings is 1. The highest BCUT2D eigenvalue weighted by Gasteiger charge is 2.29. The van der Waals surface area contributed by atoms with E-state index >= 15 is 0 Å². The van der Waals surface area contributed by atoms with Crippen molar-refractivity contribution in [2.45, 2.75) is 38.8 Å². The third-order valence-corrected chi connectivity index (χ3v) is 5.51. The van der Waals surface area contributed by atoms with Gasteiger partial charge in [0.05, 0.1) is 32.4 Å². The van der Waals surface area contributed by atoms with Crippen LogP contribution in [0.15, 0.2) is 47.1 Å². The van der Waals surface area contributed by atoms with Gasteiger partial charge in [0.2, 0.25) is 17.7 Å². The van der Waals surface area contributed by atoms with Crippen molar-refractivity contribution in [3.8, 4) is 5.75 Å². The van der Waals surface area contributed by atoms with E-state index in [2.05, 4.69) is 10.6 Å². The zero-order valence-corrected chi connectivity index (χ0v) is 17.9. The molecule has 31 heavy (non-hydrogen) atoms. The predicted molar refractivity (Wildman–Crippen MR) is 114 cm³/mol. The quantitative estimate of drug-likeness (QED) is 0.674. The maximum Gasteiger partial charge on any atom is 0.224 e. The minimum Gasteiger partial charge on any atom is -0.497 e. The summed E-state index contributed by atoms with van der Waals surface area (Å²) in [4.78, 5) is 38.7. The molecular formula is C23H29N3O5. The number of methoxy groups -OCH3 is 1. The van der Waals surface area contributed by atoms with Crippen molar-refractivity contribution < 1.29 is 23.5 Å². The molecule has 1 aromatic carbocycles. The first-order chi connectivity index (χ1) is 15.0. The number of hydrogen-bond donors (Lipinski definition) is 2. The van der Waals surface area contributed by atoms with Crippen molar-refractivity contribution in [3.63, 3.8) is 0 Å². The van der Waals surface area contributed by atoms with Crippen molar-refractivity contribution in [1.82, 2.24) is 15.5 Å². The summed E-state index contributed by atoms with van der Waals surface area (Å²) in [6.45, 7) is 2.85. The molecule has 0 saturated carbocycles. The molecule has 2 heterocycles. The molecular weight excluding hydrogens is 398 g/mol. The Morgan fingerprint density at radius 1 is 1.16 bits per heavy atom. The number of carbonyl (C=O) groups excluding carboxylic acids is 3. The van der Waals surface area contributed by atoms with Gasteiger partial charge in [0, 0.05) is 25.9 Å². The molecule has 2 aromatic rings. The number of rotatable bonds is 8. The molecule has 1 aliphatic heterocycles. The van der Waals surface area contributed by atoms with E-state index in [1.165, 1.54) is 6.92 Å². The van der Waals surface area contributed by atoms with Gasteiger partial charge in [-0.3, -0.25) is 14.4 Å². The fourth-order valence-corrected chi connectivity index (χ4v) is 3.76. The van der Waals surface area contributed by atoms with Gasteiger partial charge in [-0.15, -0.1) is 0 Å². The molecule has 1 saturated heterocycles. The van der Waals surface area contributed by atoms with Crippen LogP contribution < -0.4 is 15.4 Å². The van der Waals surface area contributed by atoms with Gasteiger partial charge in [-0.1, -0.05) is 12.1 Å². The van der Waals surface area contributed by atoms with Gasteiger partial charge in [0.1, 0.15) is 11.5 Å². The summed E-state index contributed by atoms with van der Waals surface area (Å²) in [6, 6.07) is 10.5. The lowest BCUT2D eigenvalue weighted by molar-refractivity contribution is -0.136. The summed E-state index contributed by atoms with van der Waals surface area (Å²) < 4.78 is 10.4. The summed E-state index contributed by atoms with van der Waals surface area (Å²) >= 11 is 0. The minimum atomic E-state index is -0.412. The van der Waals surface area contributed by atoms with Crippen LogP contribution in [0.2, 0.25) is 0 Å². The molecule has 2 N–H and O–H groups in total. The highest BCUT2D eigenvalue weighted by Crippen LogP contribution is 2.24. The molecule has 0 radical (unpaired) electrons. The van der Waals surface area contributed by atoms with Crippen LogP contribution in [-0.2, 0) is 20.9 Å². The Kier molecular flexibility index (Phi) is 7.70. The third kappa shape index (κ3) is 6.34. The number of likely N-dealkylation sites (tertiary alicyclic amines) is 1. The number of piperidine rings is 1. The van der Waals surface area contributed by atoms with Gasteiger partial charge < -0.3 is 24.7 Å². The second-order valence-corrected chi connectivity index (χ2v) is 7.68. The topological polar surface area (TPSA) is 101 Å². The van der Waals surface area contributed by atoms with Crippen molar-refractivity contribution in [1.29, 1.82) is 0 Å². The lowest BCUT2D eigenvalue weighted by Crippen LogP contribution is -2.44. The number of carbonyl (C=O) groups is 3. The zero-order chi connectivity index (χ0) is 22.2. The van der Waals surface area contributed by atoms with E-state index in [1.807, 2.05) is 18.2 Å². The second kappa shape index (κ2) is 10.7. The highest BCUT2D eigenvalue weighted by molar-refractivity contribution is 5.81. The van der Waals surface area contributed by atoms with E-state index in [9.17, 15) is 14.4 Å². The molecule has 3 rings (SSSR count). The van der Waals surface area contributed by atoms with Gasteiger partial charge in [-0.25, -0.2) is 0 Å². The van der Waals surface area contributed by atoms with Crippen LogP contribution in [0.5, 0.6) is 5.75 Å². The minimum absolute atomic E-state index is 0.0159. The summed E-state index contributed by atoms with van der Waals surface area (Å²) in [7, 11) is 1.59. The molecule has 1 unspecified atom stereocenters. The first kappa shape index (κ1) is 22.4. The van der Waals surface area contributed by atoms with Crippen molar-refractivity contribution in [2.24, 2.45) is 5.92 Å². The van der Waals surface area contributed by atoms with Crippen LogP contribution in [0.1, 0.15) is 43.6 Å². The SMILES string of the molecule is COc1ccc(C(CC(=O)N2CCC(C(=O)NCc3ccco3)CC2)NC(C)=O)cc1. The molecule has 0 bridgehead atoms. The number of hydrogen-bond acceptors (Lipinski definition) is 5. The van der Waals surface area contributed by atoms with E-state index in [4.69, 9.17) is 9.15 Å². The van der Waals surface area contributed by atoms with E-state index in [1.54, 1.807) is 36.5 Å². The third-order valence-electron chi connectivity index (χ3n) is 5.51. The summed E-state index contributed by atoms with van der Waals surface area (Å²) in [6.07, 6.45) is 2.97. The fraction of sp³-hybridized carbons (Fsp3) is 0.435. The Balaban J connectivity index is 1.51. The van der Waals surface area contributed by atoms with Crippen molar-refractivity contribution in [3.05, 3.63) is 54.0 Å². The zero-order valence-electron chi connectivity index (χ0n) is 17.9. The van der Waals surface area contributed by atoms with Crippen LogP contribution in [0.3, 0.4) is 0 Å². The van der Waals surface area contributed by atoms with Crippen LogP contribution in [0.25, 0.3) is 0 Å². The van der Waals surface area contributed by atoms with Gasteiger partial charge in [0.15, 0.2) is 0 Å². The first-order valence-electron chi connectivity index (χ1n) is 10.4. The number of amides is 3. The Labute approximate surface area is 181 Å². The average molecular weight is 428 g/mol. The molecule has 1 aliphatic rings. The molecule has 0 spiro atoms. The normalized spacial score (nSPS) is 15.2. The molecule has 1 aromatic heterocycles. The Morgan fingerprint density at radius 3 is 2.45 bits per heavy atom. The summed E-state index contributed by atoms with van der Waals surface area (Å²) in [5.41, 5.74) is 0.844. The monoisotopic (exact) mass is 427 g/mol. The van der Waals surface area contributed by atoms with Gasteiger partial charge in [-0.2, -0.15) is 0 Å². The maximum absolute atomic E-state index is 12.9. The van der Waals surface area contributed by atoms with Crippen LogP contribution in [0.4, 0.5) is 0 Å². The molecule has 3 amide bonds. The molecule has 166 valence electrons. The average Bonchev–Trinajstić information content (AvgIpc) is 3.30.